The normalized spacial score (nSPS) is 10.3. The van der Waals surface area contributed by atoms with E-state index in [9.17, 15) is 4.79 Å². The minimum Gasteiger partial charge on any atom is -0.355 e. The highest BCUT2D eigenvalue weighted by molar-refractivity contribution is 7.97. The molecule has 8 heteroatoms. The molecule has 1 aromatic heterocycles. The smallest absolute Gasteiger partial charge is 0.251 e. The summed E-state index contributed by atoms with van der Waals surface area (Å²) < 4.78 is 3.05. The highest BCUT2D eigenvalue weighted by Gasteiger charge is 2.04. The monoisotopic (exact) mass is 380 g/mol. The van der Waals surface area contributed by atoms with E-state index in [0.29, 0.717) is 17.2 Å². The summed E-state index contributed by atoms with van der Waals surface area (Å²) >= 11 is 1.55. The maximum Gasteiger partial charge on any atom is 0.251 e. The maximum absolute atomic E-state index is 11.6. The topological polar surface area (TPSA) is 91.0 Å². The van der Waals surface area contributed by atoms with Gasteiger partial charge in [0.1, 0.15) is 18.0 Å². The molecule has 0 saturated heterocycles. The minimum absolute atomic E-state index is 0.117. The third-order valence-corrected chi connectivity index (χ3v) is 4.33. The summed E-state index contributed by atoms with van der Waals surface area (Å²) in [6.45, 7) is 0. The fourth-order valence-corrected chi connectivity index (χ4v) is 2.96. The zero-order valence-corrected chi connectivity index (χ0v) is 15.8. The molecule has 1 amide bonds. The molecule has 0 bridgehead atoms. The molecular weight excluding hydrogens is 360 g/mol. The fourth-order valence-electron chi connectivity index (χ4n) is 2.39. The van der Waals surface area contributed by atoms with Crippen LogP contribution in [0.5, 0.6) is 0 Å². The van der Waals surface area contributed by atoms with Crippen molar-refractivity contribution < 1.29 is 4.79 Å². The number of rotatable bonds is 7. The van der Waals surface area contributed by atoms with Crippen molar-refractivity contribution >= 4 is 40.9 Å². The van der Waals surface area contributed by atoms with E-state index in [0.717, 1.165) is 16.3 Å². The van der Waals surface area contributed by atoms with Gasteiger partial charge in [-0.25, -0.2) is 9.97 Å². The van der Waals surface area contributed by atoms with Crippen LogP contribution in [0.1, 0.15) is 10.4 Å². The molecule has 0 atom stereocenters. The molecule has 0 aliphatic heterocycles. The molecule has 138 valence electrons. The van der Waals surface area contributed by atoms with Gasteiger partial charge in [0.05, 0.1) is 0 Å². The number of nitrogens with one attached hydrogen (secondary N) is 4. The molecule has 4 N–H and O–H groups in total. The second kappa shape index (κ2) is 9.02. The fraction of sp³-hybridized carbons (Fsp3) is 0.105. The minimum atomic E-state index is -0.117. The molecule has 27 heavy (non-hydrogen) atoms. The van der Waals surface area contributed by atoms with E-state index in [1.54, 1.807) is 31.1 Å². The number of aromatic nitrogens is 2. The van der Waals surface area contributed by atoms with Gasteiger partial charge in [0, 0.05) is 34.9 Å². The molecule has 0 spiro atoms. The summed E-state index contributed by atoms with van der Waals surface area (Å²) in [7, 11) is 3.49. The quantitative estimate of drug-likeness (QED) is 0.466. The van der Waals surface area contributed by atoms with E-state index >= 15 is 0 Å². The summed E-state index contributed by atoms with van der Waals surface area (Å²) in [5.41, 5.74) is 2.38. The van der Waals surface area contributed by atoms with Gasteiger partial charge in [-0.3, -0.25) is 9.52 Å². The van der Waals surface area contributed by atoms with Gasteiger partial charge in [0.15, 0.2) is 0 Å². The van der Waals surface area contributed by atoms with Gasteiger partial charge >= 0.3 is 0 Å². The van der Waals surface area contributed by atoms with Crippen molar-refractivity contribution in [2.75, 3.05) is 24.7 Å². The summed E-state index contributed by atoms with van der Waals surface area (Å²) in [4.78, 5) is 21.2. The van der Waals surface area contributed by atoms with Crippen LogP contribution in [0.15, 0.2) is 65.8 Å². The van der Waals surface area contributed by atoms with Gasteiger partial charge in [-0.15, -0.1) is 0 Å². The molecule has 0 fully saturated rings. The Hall–Kier alpha value is -3.10. The number of carbonyl (C=O) groups excluding carboxylic acids is 1. The number of carbonyl (C=O) groups is 1. The Bertz CT molecular complexity index is 916. The van der Waals surface area contributed by atoms with E-state index in [1.807, 2.05) is 49.5 Å². The van der Waals surface area contributed by atoms with Crippen LogP contribution in [-0.4, -0.2) is 30.0 Å². The zero-order valence-electron chi connectivity index (χ0n) is 15.0. The van der Waals surface area contributed by atoms with Crippen LogP contribution in [-0.2, 0) is 0 Å². The molecule has 0 radical (unpaired) electrons. The molecule has 0 aliphatic rings. The molecule has 1 heterocycles. The average Bonchev–Trinajstić information content (AvgIpc) is 2.69. The summed E-state index contributed by atoms with van der Waals surface area (Å²) in [6.07, 6.45) is 1.50. The van der Waals surface area contributed by atoms with Crippen LogP contribution >= 0.6 is 11.9 Å². The summed E-state index contributed by atoms with van der Waals surface area (Å²) in [5, 5.41) is 9.08. The maximum atomic E-state index is 11.6. The SMILES string of the molecule is CNSc1cccc(Nc2cc(Nc3ccc(C(=O)NC)cc3)ncn2)c1. The van der Waals surface area contributed by atoms with Crippen molar-refractivity contribution in [3.05, 3.63) is 66.5 Å². The Balaban J connectivity index is 1.70. The van der Waals surface area contributed by atoms with Crippen molar-refractivity contribution in [1.82, 2.24) is 20.0 Å². The highest BCUT2D eigenvalue weighted by atomic mass is 32.2. The lowest BCUT2D eigenvalue weighted by Gasteiger charge is -2.10. The van der Waals surface area contributed by atoms with Gasteiger partial charge in [0.25, 0.3) is 5.91 Å². The second-order valence-electron chi connectivity index (χ2n) is 5.53. The van der Waals surface area contributed by atoms with Crippen molar-refractivity contribution in [1.29, 1.82) is 0 Å². The number of amides is 1. The molecule has 3 aromatic rings. The third-order valence-electron chi connectivity index (χ3n) is 3.64. The van der Waals surface area contributed by atoms with E-state index < -0.39 is 0 Å². The first-order chi connectivity index (χ1) is 13.2. The predicted molar refractivity (Wildman–Crippen MR) is 110 cm³/mol. The lowest BCUT2D eigenvalue weighted by molar-refractivity contribution is 0.0963. The van der Waals surface area contributed by atoms with Gasteiger partial charge in [-0.05, 0) is 61.5 Å². The Morgan fingerprint density at radius 3 is 2.26 bits per heavy atom. The van der Waals surface area contributed by atoms with Crippen LogP contribution in [0, 0.1) is 0 Å². The number of anilines is 4. The number of hydrogen-bond acceptors (Lipinski definition) is 7. The standard InChI is InChI=1S/C19H20N6OS/c1-20-19(26)13-6-8-14(9-7-13)24-17-11-18(23-12-22-17)25-15-4-3-5-16(10-15)27-21-2/h3-12,21H,1-2H3,(H,20,26)(H2,22,23,24,25). The Morgan fingerprint density at radius 2 is 1.59 bits per heavy atom. The van der Waals surface area contributed by atoms with Crippen molar-refractivity contribution in [3.8, 4) is 0 Å². The van der Waals surface area contributed by atoms with Crippen LogP contribution in [0.2, 0.25) is 0 Å². The number of benzene rings is 2. The van der Waals surface area contributed by atoms with Crippen LogP contribution in [0.3, 0.4) is 0 Å². The van der Waals surface area contributed by atoms with Gasteiger partial charge < -0.3 is 16.0 Å². The Labute approximate surface area is 162 Å². The Morgan fingerprint density at radius 1 is 0.889 bits per heavy atom. The number of hydrogen-bond donors (Lipinski definition) is 4. The van der Waals surface area contributed by atoms with Crippen molar-refractivity contribution in [3.63, 3.8) is 0 Å². The molecular formula is C19H20N6OS. The summed E-state index contributed by atoms with van der Waals surface area (Å²) in [5.74, 6) is 1.22. The van der Waals surface area contributed by atoms with Crippen molar-refractivity contribution in [2.45, 2.75) is 4.90 Å². The van der Waals surface area contributed by atoms with Gasteiger partial charge in [-0.1, -0.05) is 6.07 Å². The molecule has 0 saturated carbocycles. The molecule has 0 aliphatic carbocycles. The van der Waals surface area contributed by atoms with Gasteiger partial charge in [-0.2, -0.15) is 0 Å². The molecule has 2 aromatic carbocycles. The predicted octanol–water partition coefficient (Wildman–Crippen LogP) is 3.55. The van der Waals surface area contributed by atoms with Crippen LogP contribution in [0.25, 0.3) is 0 Å². The lowest BCUT2D eigenvalue weighted by Crippen LogP contribution is -2.17. The summed E-state index contributed by atoms with van der Waals surface area (Å²) in [6, 6.07) is 17.0. The molecule has 3 rings (SSSR count). The molecule has 0 unspecified atom stereocenters. The average molecular weight is 380 g/mol. The van der Waals surface area contributed by atoms with Crippen molar-refractivity contribution in [2.24, 2.45) is 0 Å². The molecule has 7 nitrogen and oxygen atoms in total. The van der Waals surface area contributed by atoms with E-state index in [-0.39, 0.29) is 5.91 Å². The zero-order chi connectivity index (χ0) is 19.1. The van der Waals surface area contributed by atoms with E-state index in [1.165, 1.54) is 6.33 Å². The first-order valence-electron chi connectivity index (χ1n) is 8.30. The highest BCUT2D eigenvalue weighted by Crippen LogP contribution is 2.23. The first kappa shape index (κ1) is 18.7. The van der Waals surface area contributed by atoms with E-state index in [4.69, 9.17) is 0 Å². The van der Waals surface area contributed by atoms with E-state index in [2.05, 4.69) is 30.6 Å². The largest absolute Gasteiger partial charge is 0.355 e. The second-order valence-corrected chi connectivity index (χ2v) is 6.61. The van der Waals surface area contributed by atoms with Crippen LogP contribution < -0.4 is 20.7 Å². The van der Waals surface area contributed by atoms with Gasteiger partial charge in [0.2, 0.25) is 0 Å². The third kappa shape index (κ3) is 5.19. The number of nitrogens with zero attached hydrogens (tertiary/aromatic N) is 2. The van der Waals surface area contributed by atoms with Crippen LogP contribution in [0.4, 0.5) is 23.0 Å². The Kier molecular flexibility index (Phi) is 6.24. The lowest BCUT2D eigenvalue weighted by atomic mass is 10.2. The first-order valence-corrected chi connectivity index (χ1v) is 9.11.